The third-order valence-electron chi connectivity index (χ3n) is 6.83. The van der Waals surface area contributed by atoms with E-state index >= 15 is 0 Å². The number of ketones is 1. The van der Waals surface area contributed by atoms with E-state index in [1.165, 1.54) is 4.90 Å². The fraction of sp³-hybridized carbons (Fsp3) is 0.345. The van der Waals surface area contributed by atoms with Gasteiger partial charge < -0.3 is 24.5 Å². The van der Waals surface area contributed by atoms with Gasteiger partial charge in [-0.25, -0.2) is 0 Å². The first-order valence-electron chi connectivity index (χ1n) is 12.4. The van der Waals surface area contributed by atoms with Gasteiger partial charge in [0.05, 0.1) is 11.3 Å². The molecule has 2 aliphatic heterocycles. The second-order valence-electron chi connectivity index (χ2n) is 9.58. The maximum absolute atomic E-state index is 14.3. The van der Waals surface area contributed by atoms with Gasteiger partial charge in [-0.3, -0.25) is 14.4 Å². The Bertz CT molecular complexity index is 1300. The predicted octanol–water partition coefficient (Wildman–Crippen LogP) is 3.45. The highest BCUT2D eigenvalue weighted by atomic mass is 16.5. The van der Waals surface area contributed by atoms with E-state index < -0.39 is 23.1 Å². The van der Waals surface area contributed by atoms with Crippen LogP contribution in [0.4, 0.5) is 5.69 Å². The summed E-state index contributed by atoms with van der Waals surface area (Å²) in [5.74, 6) is -1.85. The summed E-state index contributed by atoms with van der Waals surface area (Å²) < 4.78 is 5.64. The Labute approximate surface area is 217 Å². The molecule has 8 heteroatoms. The Hall–Kier alpha value is -3.91. The van der Waals surface area contributed by atoms with Gasteiger partial charge in [0.25, 0.3) is 17.6 Å². The number of ether oxygens (including phenoxy) is 1. The molecule has 37 heavy (non-hydrogen) atoms. The zero-order chi connectivity index (χ0) is 26.9. The SMILES string of the molecule is C=CCOc1ccc(C(O)=C2C(=O)C(=O)N(CCN(C)C)C23C(=O)N(CCC)c2ccccc23)cc1C. The first-order chi connectivity index (χ1) is 17.7. The molecular formula is C29H33N3O5. The second-order valence-corrected chi connectivity index (χ2v) is 9.58. The van der Waals surface area contributed by atoms with Gasteiger partial charge in [-0.1, -0.05) is 37.8 Å². The average molecular weight is 504 g/mol. The van der Waals surface area contributed by atoms with Gasteiger partial charge in [-0.05, 0) is 57.3 Å². The molecule has 1 fully saturated rings. The highest BCUT2D eigenvalue weighted by Crippen LogP contribution is 2.53. The number of carbonyl (C=O) groups excluding carboxylic acids is 3. The molecule has 8 nitrogen and oxygen atoms in total. The summed E-state index contributed by atoms with van der Waals surface area (Å²) in [6, 6.07) is 12.2. The molecule has 1 saturated heterocycles. The number of aryl methyl sites for hydroxylation is 1. The zero-order valence-electron chi connectivity index (χ0n) is 21.8. The number of nitrogens with zero attached hydrogens (tertiary/aromatic N) is 3. The summed E-state index contributed by atoms with van der Waals surface area (Å²) in [5.41, 5.74) is 0.273. The molecule has 1 unspecified atom stereocenters. The van der Waals surface area contributed by atoms with Crippen LogP contribution in [0.25, 0.3) is 5.76 Å². The van der Waals surface area contributed by atoms with E-state index in [-0.39, 0.29) is 17.9 Å². The monoisotopic (exact) mass is 503 g/mol. The fourth-order valence-corrected chi connectivity index (χ4v) is 5.16. The van der Waals surface area contributed by atoms with Crippen LogP contribution in [-0.4, -0.2) is 72.8 Å². The third-order valence-corrected chi connectivity index (χ3v) is 6.83. The van der Waals surface area contributed by atoms with Crippen LogP contribution in [-0.2, 0) is 19.9 Å². The van der Waals surface area contributed by atoms with Crippen LogP contribution in [0.5, 0.6) is 5.75 Å². The number of likely N-dealkylation sites (N-methyl/N-ethyl adjacent to an activating group) is 1. The second kappa shape index (κ2) is 10.2. The number of fused-ring (bicyclic) bond motifs is 2. The van der Waals surface area contributed by atoms with Crippen molar-refractivity contribution < 1.29 is 24.2 Å². The number of rotatable bonds is 9. The van der Waals surface area contributed by atoms with Gasteiger partial charge in [-0.15, -0.1) is 0 Å². The average Bonchev–Trinajstić information content (AvgIpc) is 3.25. The molecule has 2 aliphatic rings. The molecule has 0 aliphatic carbocycles. The Kier molecular flexibility index (Phi) is 7.23. The summed E-state index contributed by atoms with van der Waals surface area (Å²) in [6.07, 6.45) is 2.32. The van der Waals surface area contributed by atoms with Crippen molar-refractivity contribution in [1.82, 2.24) is 9.80 Å². The molecule has 2 aromatic rings. The molecule has 2 aromatic carbocycles. The number of para-hydroxylation sites is 1. The largest absolute Gasteiger partial charge is 0.507 e. The number of hydrogen-bond donors (Lipinski definition) is 1. The first kappa shape index (κ1) is 26.2. The normalized spacial score (nSPS) is 20.3. The van der Waals surface area contributed by atoms with Gasteiger partial charge in [0.1, 0.15) is 18.1 Å². The number of Topliss-reactive ketones (excluding diaryl/α,β-unsaturated/α-hetero) is 1. The first-order valence-corrected chi connectivity index (χ1v) is 12.4. The van der Waals surface area contributed by atoms with Crippen LogP contribution in [0, 0.1) is 6.92 Å². The van der Waals surface area contributed by atoms with E-state index in [1.807, 2.05) is 45.0 Å². The lowest BCUT2D eigenvalue weighted by Gasteiger charge is -2.35. The lowest BCUT2D eigenvalue weighted by molar-refractivity contribution is -0.143. The van der Waals surface area contributed by atoms with E-state index in [9.17, 15) is 19.5 Å². The minimum Gasteiger partial charge on any atom is -0.507 e. The molecule has 4 rings (SSSR count). The van der Waals surface area contributed by atoms with E-state index in [0.717, 1.165) is 5.56 Å². The quantitative estimate of drug-likeness (QED) is 0.244. The highest BCUT2D eigenvalue weighted by molar-refractivity contribution is 6.50. The van der Waals surface area contributed by atoms with Crippen LogP contribution in [0.2, 0.25) is 0 Å². The van der Waals surface area contributed by atoms with Crippen LogP contribution in [0.15, 0.2) is 60.7 Å². The Morgan fingerprint density at radius 3 is 2.51 bits per heavy atom. The van der Waals surface area contributed by atoms with Crippen LogP contribution in [0.3, 0.4) is 0 Å². The predicted molar refractivity (Wildman–Crippen MR) is 142 cm³/mol. The highest BCUT2D eigenvalue weighted by Gasteiger charge is 2.66. The fourth-order valence-electron chi connectivity index (χ4n) is 5.16. The summed E-state index contributed by atoms with van der Waals surface area (Å²) >= 11 is 0. The summed E-state index contributed by atoms with van der Waals surface area (Å²) in [5, 5.41) is 11.6. The number of hydrogen-bond acceptors (Lipinski definition) is 6. The van der Waals surface area contributed by atoms with Gasteiger partial charge in [-0.2, -0.15) is 0 Å². The van der Waals surface area contributed by atoms with Crippen molar-refractivity contribution in [3.05, 3.63) is 77.4 Å². The molecule has 0 saturated carbocycles. The molecule has 1 atom stereocenters. The number of amides is 2. The van der Waals surface area contributed by atoms with Gasteiger partial charge >= 0.3 is 0 Å². The molecule has 0 bridgehead atoms. The van der Waals surface area contributed by atoms with Crippen molar-refractivity contribution in [1.29, 1.82) is 0 Å². The number of anilines is 1. The molecule has 2 amide bonds. The van der Waals surface area contributed by atoms with Gasteiger partial charge in [0.2, 0.25) is 0 Å². The van der Waals surface area contributed by atoms with Gasteiger partial charge in [0.15, 0.2) is 5.54 Å². The lowest BCUT2D eigenvalue weighted by Crippen LogP contribution is -2.53. The number of aliphatic hydroxyl groups is 1. The minimum atomic E-state index is -1.74. The maximum Gasteiger partial charge on any atom is 0.296 e. The number of benzene rings is 2. The van der Waals surface area contributed by atoms with Crippen molar-refractivity contribution in [2.24, 2.45) is 0 Å². The number of likely N-dealkylation sites (tertiary alicyclic amines) is 1. The molecule has 2 heterocycles. The summed E-state index contributed by atoms with van der Waals surface area (Å²) in [6.45, 7) is 8.75. The Morgan fingerprint density at radius 1 is 1.14 bits per heavy atom. The van der Waals surface area contributed by atoms with Crippen molar-refractivity contribution in [3.63, 3.8) is 0 Å². The van der Waals surface area contributed by atoms with Crippen LogP contribution >= 0.6 is 0 Å². The third kappa shape index (κ3) is 4.11. The van der Waals surface area contributed by atoms with Crippen molar-refractivity contribution >= 4 is 29.0 Å². The van der Waals surface area contributed by atoms with Crippen molar-refractivity contribution in [2.45, 2.75) is 25.8 Å². The molecule has 1 N–H and O–H groups in total. The smallest absolute Gasteiger partial charge is 0.296 e. The molecule has 0 radical (unpaired) electrons. The summed E-state index contributed by atoms with van der Waals surface area (Å²) in [4.78, 5) is 46.3. The molecule has 194 valence electrons. The number of aliphatic hydroxyl groups excluding tert-OH is 1. The zero-order valence-corrected chi connectivity index (χ0v) is 21.8. The molecule has 1 spiro atoms. The van der Waals surface area contributed by atoms with Crippen LogP contribution < -0.4 is 9.64 Å². The molecule has 0 aromatic heterocycles. The van der Waals surface area contributed by atoms with E-state index in [1.54, 1.807) is 41.3 Å². The van der Waals surface area contributed by atoms with Crippen molar-refractivity contribution in [3.8, 4) is 5.75 Å². The topological polar surface area (TPSA) is 90.4 Å². The van der Waals surface area contributed by atoms with Crippen LogP contribution in [0.1, 0.15) is 30.0 Å². The van der Waals surface area contributed by atoms with E-state index in [2.05, 4.69) is 6.58 Å². The maximum atomic E-state index is 14.3. The Morgan fingerprint density at radius 2 is 1.86 bits per heavy atom. The van der Waals surface area contributed by atoms with E-state index in [4.69, 9.17) is 4.74 Å². The molecular weight excluding hydrogens is 470 g/mol. The summed E-state index contributed by atoms with van der Waals surface area (Å²) in [7, 11) is 3.71. The van der Waals surface area contributed by atoms with Gasteiger partial charge in [0, 0.05) is 30.8 Å². The number of carbonyl (C=O) groups is 3. The van der Waals surface area contributed by atoms with E-state index in [0.29, 0.717) is 48.7 Å². The lowest BCUT2D eigenvalue weighted by atomic mass is 9.81. The Balaban J connectivity index is 1.98. The standard InChI is InChI=1S/C29H33N3O5/c1-6-14-31-22-11-9-8-10-21(22)29(28(31)36)24(26(34)27(35)32(29)16-15-30(4)5)25(33)20-12-13-23(19(3)18-20)37-17-7-2/h7-13,18,33H,2,6,14-17H2,1,3-5H3. The minimum absolute atomic E-state index is 0.141. The van der Waals surface area contributed by atoms with Crippen molar-refractivity contribution in [2.75, 3.05) is 45.2 Å².